The normalized spacial score (nSPS) is 11.4. The summed E-state index contributed by atoms with van der Waals surface area (Å²) in [6.45, 7) is 0. The van der Waals surface area contributed by atoms with Crippen molar-refractivity contribution in [2.45, 2.75) is 4.90 Å². The molecule has 0 unspecified atom stereocenters. The van der Waals surface area contributed by atoms with E-state index in [9.17, 15) is 17.6 Å². The molecule has 2 aromatic heterocycles. The molecule has 10 heteroatoms. The van der Waals surface area contributed by atoms with Crippen molar-refractivity contribution in [3.05, 3.63) is 51.9 Å². The molecule has 3 aromatic rings. The summed E-state index contributed by atoms with van der Waals surface area (Å²) in [4.78, 5) is 17.0. The number of sulfone groups is 1. The summed E-state index contributed by atoms with van der Waals surface area (Å²) in [7, 11) is -3.86. The van der Waals surface area contributed by atoms with Crippen molar-refractivity contribution >= 4 is 55.2 Å². The molecule has 0 spiro atoms. The monoisotopic (exact) mass is 416 g/mol. The van der Waals surface area contributed by atoms with E-state index in [1.54, 1.807) is 11.4 Å². The Balaban J connectivity index is 1.68. The van der Waals surface area contributed by atoms with Gasteiger partial charge in [-0.3, -0.25) is 4.79 Å². The maximum atomic E-state index is 12.9. The number of nitrogens with zero attached hydrogens (tertiary/aromatic N) is 1. The molecule has 0 atom stereocenters. The van der Waals surface area contributed by atoms with Crippen LogP contribution in [-0.4, -0.2) is 25.1 Å². The standard InChI is InChI=1S/C15H10ClFN2O3S3/c16-13-6-5-12(24-13)11-7-23-15(18-11)19-14(20)8-25(21,22)10-3-1-9(17)2-4-10/h1-7H,8H2,(H,18,19,20). The number of halogens is 2. The number of anilines is 1. The maximum absolute atomic E-state index is 12.9. The Morgan fingerprint density at radius 3 is 2.56 bits per heavy atom. The summed E-state index contributed by atoms with van der Waals surface area (Å²) in [5, 5.41) is 4.50. The lowest BCUT2D eigenvalue weighted by Crippen LogP contribution is -2.23. The molecule has 0 bridgehead atoms. The first-order chi connectivity index (χ1) is 11.8. The maximum Gasteiger partial charge on any atom is 0.241 e. The van der Waals surface area contributed by atoms with Crippen LogP contribution in [0.3, 0.4) is 0 Å². The minimum absolute atomic E-state index is 0.114. The average Bonchev–Trinajstić information content (AvgIpc) is 3.16. The van der Waals surface area contributed by atoms with E-state index >= 15 is 0 Å². The number of thiazole rings is 1. The molecule has 3 rings (SSSR count). The van der Waals surface area contributed by atoms with Gasteiger partial charge in [0.15, 0.2) is 15.0 Å². The van der Waals surface area contributed by atoms with E-state index in [4.69, 9.17) is 11.6 Å². The van der Waals surface area contributed by atoms with Gasteiger partial charge in [0.2, 0.25) is 5.91 Å². The highest BCUT2D eigenvalue weighted by molar-refractivity contribution is 7.92. The molecular weight excluding hydrogens is 407 g/mol. The second-order valence-electron chi connectivity index (χ2n) is 4.90. The van der Waals surface area contributed by atoms with E-state index in [1.807, 2.05) is 6.07 Å². The van der Waals surface area contributed by atoms with E-state index in [1.165, 1.54) is 22.7 Å². The third-order valence-electron chi connectivity index (χ3n) is 3.07. The number of amides is 1. The fourth-order valence-corrected chi connectivity index (χ4v) is 4.89. The number of carbonyl (C=O) groups is 1. The number of thiophene rings is 1. The van der Waals surface area contributed by atoms with Crippen LogP contribution < -0.4 is 5.32 Å². The molecule has 0 aliphatic heterocycles. The third kappa shape index (κ3) is 4.43. The predicted octanol–water partition coefficient (Wildman–Crippen LogP) is 4.08. The molecule has 2 heterocycles. The number of aromatic nitrogens is 1. The molecule has 5 nitrogen and oxygen atoms in total. The molecular formula is C15H10ClFN2O3S3. The Bertz CT molecular complexity index is 1010. The zero-order valence-electron chi connectivity index (χ0n) is 12.4. The van der Waals surface area contributed by atoms with Gasteiger partial charge in [0.25, 0.3) is 0 Å². The molecule has 0 saturated carbocycles. The second-order valence-corrected chi connectivity index (χ2v) is 9.47. The highest BCUT2D eigenvalue weighted by Gasteiger charge is 2.20. The number of hydrogen-bond acceptors (Lipinski definition) is 6. The van der Waals surface area contributed by atoms with Gasteiger partial charge in [-0.15, -0.1) is 22.7 Å². The Hall–Kier alpha value is -1.81. The SMILES string of the molecule is O=C(CS(=O)(=O)c1ccc(F)cc1)Nc1nc(-c2ccc(Cl)s2)cs1. The quantitative estimate of drug-likeness (QED) is 0.636. The van der Waals surface area contributed by atoms with Crippen molar-refractivity contribution in [2.24, 2.45) is 0 Å². The van der Waals surface area contributed by atoms with Crippen LogP contribution in [0.15, 0.2) is 46.7 Å². The molecule has 1 aromatic carbocycles. The molecule has 1 N–H and O–H groups in total. The summed E-state index contributed by atoms with van der Waals surface area (Å²) in [6, 6.07) is 7.87. The van der Waals surface area contributed by atoms with Gasteiger partial charge in [-0.05, 0) is 36.4 Å². The molecule has 0 radical (unpaired) electrons. The fraction of sp³-hybridized carbons (Fsp3) is 0.0667. The topological polar surface area (TPSA) is 76.1 Å². The Morgan fingerprint density at radius 2 is 1.92 bits per heavy atom. The zero-order valence-corrected chi connectivity index (χ0v) is 15.6. The highest BCUT2D eigenvalue weighted by Crippen LogP contribution is 2.32. The first kappa shape index (κ1) is 18.0. The largest absolute Gasteiger partial charge is 0.301 e. The lowest BCUT2D eigenvalue weighted by Gasteiger charge is -2.04. The van der Waals surface area contributed by atoms with Crippen LogP contribution in [0.4, 0.5) is 9.52 Å². The Morgan fingerprint density at radius 1 is 1.20 bits per heavy atom. The van der Waals surface area contributed by atoms with Crippen molar-refractivity contribution in [1.29, 1.82) is 0 Å². The van der Waals surface area contributed by atoms with Crippen molar-refractivity contribution in [2.75, 3.05) is 11.1 Å². The van der Waals surface area contributed by atoms with E-state index in [2.05, 4.69) is 10.3 Å². The minimum atomic E-state index is -3.86. The zero-order chi connectivity index (χ0) is 18.0. The van der Waals surface area contributed by atoms with Crippen molar-refractivity contribution in [1.82, 2.24) is 4.98 Å². The first-order valence-electron chi connectivity index (χ1n) is 6.83. The van der Waals surface area contributed by atoms with Crippen LogP contribution in [0.5, 0.6) is 0 Å². The summed E-state index contributed by atoms with van der Waals surface area (Å²) in [5.74, 6) is -2.01. The first-order valence-corrected chi connectivity index (χ1v) is 10.6. The molecule has 130 valence electrons. The molecule has 0 aliphatic carbocycles. The van der Waals surface area contributed by atoms with Crippen LogP contribution in [-0.2, 0) is 14.6 Å². The van der Waals surface area contributed by atoms with Gasteiger partial charge >= 0.3 is 0 Å². The van der Waals surface area contributed by atoms with Gasteiger partial charge in [0.1, 0.15) is 11.6 Å². The smallest absolute Gasteiger partial charge is 0.241 e. The van der Waals surface area contributed by atoms with E-state index in [0.29, 0.717) is 15.2 Å². The molecule has 1 amide bonds. The average molecular weight is 417 g/mol. The van der Waals surface area contributed by atoms with Gasteiger partial charge in [0.05, 0.1) is 19.8 Å². The number of hydrogen-bond donors (Lipinski definition) is 1. The van der Waals surface area contributed by atoms with Crippen molar-refractivity contribution in [3.8, 4) is 10.6 Å². The van der Waals surface area contributed by atoms with Gasteiger partial charge in [-0.25, -0.2) is 17.8 Å². The molecule has 25 heavy (non-hydrogen) atoms. The van der Waals surface area contributed by atoms with E-state index < -0.39 is 27.3 Å². The molecule has 0 aliphatic rings. The fourth-order valence-electron chi connectivity index (χ4n) is 1.95. The highest BCUT2D eigenvalue weighted by atomic mass is 35.5. The number of rotatable bonds is 5. The van der Waals surface area contributed by atoms with Crippen LogP contribution >= 0.6 is 34.3 Å². The van der Waals surface area contributed by atoms with E-state index in [-0.39, 0.29) is 4.90 Å². The van der Waals surface area contributed by atoms with Crippen molar-refractivity contribution in [3.63, 3.8) is 0 Å². The summed E-state index contributed by atoms with van der Waals surface area (Å²) in [6.07, 6.45) is 0. The van der Waals surface area contributed by atoms with Gasteiger partial charge in [-0.1, -0.05) is 11.6 Å². The number of carbonyl (C=O) groups excluding carboxylic acids is 1. The molecule has 0 fully saturated rings. The van der Waals surface area contributed by atoms with Crippen molar-refractivity contribution < 1.29 is 17.6 Å². The Labute approximate surface area is 156 Å². The van der Waals surface area contributed by atoms with Crippen LogP contribution in [0.1, 0.15) is 0 Å². The van der Waals surface area contributed by atoms with Crippen LogP contribution in [0, 0.1) is 5.82 Å². The summed E-state index contributed by atoms with van der Waals surface area (Å²) < 4.78 is 37.8. The van der Waals surface area contributed by atoms with Crippen LogP contribution in [0.2, 0.25) is 4.34 Å². The lowest BCUT2D eigenvalue weighted by atomic mass is 10.4. The number of nitrogens with one attached hydrogen (secondary N) is 1. The second kappa shape index (κ2) is 7.20. The minimum Gasteiger partial charge on any atom is -0.301 e. The van der Waals surface area contributed by atoms with E-state index in [0.717, 1.165) is 29.1 Å². The summed E-state index contributed by atoms with van der Waals surface area (Å²) >= 11 is 8.41. The Kier molecular flexibility index (Phi) is 5.19. The lowest BCUT2D eigenvalue weighted by molar-refractivity contribution is -0.113. The molecule has 0 saturated heterocycles. The summed E-state index contributed by atoms with van der Waals surface area (Å²) in [5.41, 5.74) is 0.651. The van der Waals surface area contributed by atoms with Gasteiger partial charge in [0, 0.05) is 5.38 Å². The third-order valence-corrected chi connectivity index (χ3v) is 6.71. The predicted molar refractivity (Wildman–Crippen MR) is 97.5 cm³/mol. The number of benzene rings is 1. The van der Waals surface area contributed by atoms with Crippen LogP contribution in [0.25, 0.3) is 10.6 Å². The van der Waals surface area contributed by atoms with Gasteiger partial charge < -0.3 is 5.32 Å². The van der Waals surface area contributed by atoms with Gasteiger partial charge in [-0.2, -0.15) is 0 Å².